The van der Waals surface area contributed by atoms with E-state index in [1.807, 2.05) is 50.2 Å². The molecule has 2 aromatic carbocycles. The van der Waals surface area contributed by atoms with Gasteiger partial charge in [0.15, 0.2) is 0 Å². The van der Waals surface area contributed by atoms with Crippen molar-refractivity contribution in [2.24, 2.45) is 0 Å². The first kappa shape index (κ1) is 15.3. The number of ether oxygens (including phenoxy) is 1. The molecule has 0 amide bonds. The Hall–Kier alpha value is -2.07. The smallest absolute Gasteiger partial charge is 0.328 e. The summed E-state index contributed by atoms with van der Waals surface area (Å²) in [6.07, 6.45) is 2.67. The van der Waals surface area contributed by atoms with Gasteiger partial charge >= 0.3 is 5.97 Å². The molecule has 108 valence electrons. The van der Waals surface area contributed by atoms with Gasteiger partial charge in [-0.05, 0) is 76.8 Å². The van der Waals surface area contributed by atoms with Crippen molar-refractivity contribution in [2.45, 2.75) is 13.8 Å². The zero-order chi connectivity index (χ0) is 15.4. The number of rotatable bonds is 4. The average molecular weight is 347 g/mol. The number of carboxylic acid groups (broad SMARTS) is 1. The highest BCUT2D eigenvalue weighted by Gasteiger charge is 2.06. The van der Waals surface area contributed by atoms with Gasteiger partial charge in [0.25, 0.3) is 0 Å². The second kappa shape index (κ2) is 6.59. The first-order valence-electron chi connectivity index (χ1n) is 6.41. The standard InChI is InChI=1S/C17H15BrO3/c1-11-3-6-16(14(18)9-11)21-15-7-4-13(10-12(15)2)5-8-17(19)20/h3-10H,1-2H3,(H,19,20). The maximum atomic E-state index is 10.5. The Bertz CT molecular complexity index is 705. The molecule has 0 radical (unpaired) electrons. The number of benzene rings is 2. The second-order valence-electron chi connectivity index (χ2n) is 4.73. The van der Waals surface area contributed by atoms with Gasteiger partial charge in [-0.1, -0.05) is 12.1 Å². The zero-order valence-electron chi connectivity index (χ0n) is 11.8. The van der Waals surface area contributed by atoms with Crippen LogP contribution in [0.4, 0.5) is 0 Å². The minimum absolute atomic E-state index is 0.743. The quantitative estimate of drug-likeness (QED) is 0.796. The normalized spacial score (nSPS) is 10.8. The van der Waals surface area contributed by atoms with Crippen LogP contribution in [0.25, 0.3) is 6.08 Å². The highest BCUT2D eigenvalue weighted by molar-refractivity contribution is 9.10. The molecule has 0 aromatic heterocycles. The van der Waals surface area contributed by atoms with Crippen LogP contribution in [0, 0.1) is 13.8 Å². The van der Waals surface area contributed by atoms with Gasteiger partial charge in [-0.25, -0.2) is 4.79 Å². The van der Waals surface area contributed by atoms with Gasteiger partial charge in [0.1, 0.15) is 11.5 Å². The van der Waals surface area contributed by atoms with Gasteiger partial charge in [0, 0.05) is 6.08 Å². The molecule has 0 spiro atoms. The van der Waals surface area contributed by atoms with Crippen LogP contribution in [0.1, 0.15) is 16.7 Å². The SMILES string of the molecule is Cc1ccc(Oc2ccc(C=CC(=O)O)cc2C)c(Br)c1. The van der Waals surface area contributed by atoms with E-state index in [1.165, 1.54) is 0 Å². The summed E-state index contributed by atoms with van der Waals surface area (Å²) < 4.78 is 6.79. The number of halogens is 1. The fourth-order valence-electron chi connectivity index (χ4n) is 1.87. The number of carbonyl (C=O) groups is 1. The van der Waals surface area contributed by atoms with Crippen LogP contribution in [0.3, 0.4) is 0 Å². The Morgan fingerprint density at radius 2 is 1.86 bits per heavy atom. The minimum atomic E-state index is -0.962. The van der Waals surface area contributed by atoms with Crippen LogP contribution in [0.5, 0.6) is 11.5 Å². The van der Waals surface area contributed by atoms with E-state index < -0.39 is 5.97 Å². The minimum Gasteiger partial charge on any atom is -0.478 e. The molecule has 4 heteroatoms. The van der Waals surface area contributed by atoms with Crippen LogP contribution in [-0.2, 0) is 4.79 Å². The van der Waals surface area contributed by atoms with Crippen LogP contribution in [-0.4, -0.2) is 11.1 Å². The Balaban J connectivity index is 2.23. The molecule has 0 saturated heterocycles. The number of aryl methyl sites for hydroxylation is 2. The topological polar surface area (TPSA) is 46.5 Å². The Labute approximate surface area is 132 Å². The monoisotopic (exact) mass is 346 g/mol. The lowest BCUT2D eigenvalue weighted by molar-refractivity contribution is -0.131. The van der Waals surface area contributed by atoms with Gasteiger partial charge in [-0.3, -0.25) is 0 Å². The van der Waals surface area contributed by atoms with E-state index in [0.717, 1.165) is 38.7 Å². The lowest BCUT2D eigenvalue weighted by atomic mass is 10.1. The molecule has 0 saturated carbocycles. The van der Waals surface area contributed by atoms with E-state index in [0.29, 0.717) is 0 Å². The average Bonchev–Trinajstić information content (AvgIpc) is 2.42. The highest BCUT2D eigenvalue weighted by Crippen LogP contribution is 2.32. The van der Waals surface area contributed by atoms with Crippen molar-refractivity contribution in [3.63, 3.8) is 0 Å². The predicted octanol–water partition coefficient (Wildman–Crippen LogP) is 4.96. The fourth-order valence-corrected chi connectivity index (χ4v) is 2.44. The molecular weight excluding hydrogens is 332 g/mol. The van der Waals surface area contributed by atoms with Crippen molar-refractivity contribution in [3.8, 4) is 11.5 Å². The van der Waals surface area contributed by atoms with Crippen molar-refractivity contribution in [1.82, 2.24) is 0 Å². The molecule has 0 unspecified atom stereocenters. The van der Waals surface area contributed by atoms with E-state index in [9.17, 15) is 4.79 Å². The second-order valence-corrected chi connectivity index (χ2v) is 5.59. The molecule has 0 fully saturated rings. The third-order valence-corrected chi connectivity index (χ3v) is 3.54. The molecule has 2 aromatic rings. The maximum Gasteiger partial charge on any atom is 0.328 e. The molecular formula is C17H15BrO3. The molecule has 2 rings (SSSR count). The Morgan fingerprint density at radius 3 is 2.48 bits per heavy atom. The summed E-state index contributed by atoms with van der Waals surface area (Å²) in [5.41, 5.74) is 2.92. The lowest BCUT2D eigenvalue weighted by Gasteiger charge is -2.11. The van der Waals surface area contributed by atoms with Crippen LogP contribution in [0.2, 0.25) is 0 Å². The first-order chi connectivity index (χ1) is 9.95. The zero-order valence-corrected chi connectivity index (χ0v) is 13.3. The van der Waals surface area contributed by atoms with Crippen molar-refractivity contribution in [2.75, 3.05) is 0 Å². The van der Waals surface area contributed by atoms with E-state index in [1.54, 1.807) is 6.08 Å². The maximum absolute atomic E-state index is 10.5. The van der Waals surface area contributed by atoms with Crippen molar-refractivity contribution in [1.29, 1.82) is 0 Å². The molecule has 0 bridgehead atoms. The summed E-state index contributed by atoms with van der Waals surface area (Å²) in [7, 11) is 0. The number of carboxylic acids is 1. The summed E-state index contributed by atoms with van der Waals surface area (Å²) in [6.45, 7) is 3.94. The van der Waals surface area contributed by atoms with Gasteiger partial charge < -0.3 is 9.84 Å². The van der Waals surface area contributed by atoms with E-state index in [2.05, 4.69) is 15.9 Å². The van der Waals surface area contributed by atoms with E-state index >= 15 is 0 Å². The summed E-state index contributed by atoms with van der Waals surface area (Å²) >= 11 is 3.48. The van der Waals surface area contributed by atoms with Crippen molar-refractivity contribution in [3.05, 3.63) is 63.6 Å². The highest BCUT2D eigenvalue weighted by atomic mass is 79.9. The van der Waals surface area contributed by atoms with Crippen LogP contribution < -0.4 is 4.74 Å². The molecule has 0 heterocycles. The third-order valence-electron chi connectivity index (χ3n) is 2.92. The van der Waals surface area contributed by atoms with Crippen molar-refractivity contribution >= 4 is 28.0 Å². The molecule has 21 heavy (non-hydrogen) atoms. The first-order valence-corrected chi connectivity index (χ1v) is 7.20. The summed E-state index contributed by atoms with van der Waals surface area (Å²) in [5, 5.41) is 8.63. The molecule has 3 nitrogen and oxygen atoms in total. The van der Waals surface area contributed by atoms with Crippen LogP contribution >= 0.6 is 15.9 Å². The Kier molecular flexibility index (Phi) is 4.81. The van der Waals surface area contributed by atoms with E-state index in [4.69, 9.17) is 9.84 Å². The lowest BCUT2D eigenvalue weighted by Crippen LogP contribution is -1.90. The number of hydrogen-bond donors (Lipinski definition) is 1. The molecule has 0 aliphatic heterocycles. The molecule has 0 aliphatic rings. The summed E-state index contributed by atoms with van der Waals surface area (Å²) in [4.78, 5) is 10.5. The Morgan fingerprint density at radius 1 is 1.14 bits per heavy atom. The van der Waals surface area contributed by atoms with Gasteiger partial charge in [0.2, 0.25) is 0 Å². The summed E-state index contributed by atoms with van der Waals surface area (Å²) in [6, 6.07) is 11.4. The number of hydrogen-bond acceptors (Lipinski definition) is 2. The number of aliphatic carboxylic acids is 1. The third kappa shape index (κ3) is 4.20. The predicted molar refractivity (Wildman–Crippen MR) is 86.8 cm³/mol. The van der Waals surface area contributed by atoms with E-state index in [-0.39, 0.29) is 0 Å². The van der Waals surface area contributed by atoms with Crippen LogP contribution in [0.15, 0.2) is 46.9 Å². The molecule has 0 aliphatic carbocycles. The largest absolute Gasteiger partial charge is 0.478 e. The van der Waals surface area contributed by atoms with Gasteiger partial charge in [-0.2, -0.15) is 0 Å². The summed E-state index contributed by atoms with van der Waals surface area (Å²) in [5.74, 6) is 0.529. The molecule has 1 N–H and O–H groups in total. The molecule has 0 atom stereocenters. The fraction of sp³-hybridized carbons (Fsp3) is 0.118. The van der Waals surface area contributed by atoms with Gasteiger partial charge in [0.05, 0.1) is 4.47 Å². The van der Waals surface area contributed by atoms with Crippen molar-refractivity contribution < 1.29 is 14.6 Å². The van der Waals surface area contributed by atoms with Gasteiger partial charge in [-0.15, -0.1) is 0 Å².